The van der Waals surface area contributed by atoms with Gasteiger partial charge >= 0.3 is 5.97 Å². The molecule has 0 aliphatic heterocycles. The fraction of sp³-hybridized carbons (Fsp3) is 0.556. The molecule has 1 N–H and O–H groups in total. The Morgan fingerprint density at radius 3 is 2.81 bits per heavy atom. The number of esters is 1. The third-order valence-corrected chi connectivity index (χ3v) is 1.66. The zero-order chi connectivity index (χ0) is 12.1. The van der Waals surface area contributed by atoms with E-state index in [2.05, 4.69) is 20.1 Å². The van der Waals surface area contributed by atoms with Crippen LogP contribution in [0.15, 0.2) is 6.33 Å². The van der Waals surface area contributed by atoms with Crippen molar-refractivity contribution in [1.29, 1.82) is 0 Å². The summed E-state index contributed by atoms with van der Waals surface area (Å²) >= 11 is 0. The molecule has 1 heterocycles. The van der Waals surface area contributed by atoms with E-state index in [0.717, 1.165) is 0 Å². The highest BCUT2D eigenvalue weighted by Gasteiger charge is 2.12. The number of aromatic nitrogens is 3. The van der Waals surface area contributed by atoms with Crippen molar-refractivity contribution in [3.63, 3.8) is 0 Å². The highest BCUT2D eigenvalue weighted by Crippen LogP contribution is 1.92. The van der Waals surface area contributed by atoms with Crippen LogP contribution >= 0.6 is 0 Å². The topological polar surface area (TPSA) is 86.1 Å². The summed E-state index contributed by atoms with van der Waals surface area (Å²) in [5, 5.41) is 6.50. The molecule has 0 atom stereocenters. The van der Waals surface area contributed by atoms with Crippen LogP contribution in [0.2, 0.25) is 0 Å². The average Bonchev–Trinajstić information content (AvgIpc) is 2.63. The zero-order valence-corrected chi connectivity index (χ0v) is 9.43. The van der Waals surface area contributed by atoms with Gasteiger partial charge in [-0.2, -0.15) is 0 Å². The van der Waals surface area contributed by atoms with Gasteiger partial charge in [0.15, 0.2) is 0 Å². The van der Waals surface area contributed by atoms with Gasteiger partial charge in [-0.3, -0.25) is 4.79 Å². The number of amides is 1. The van der Waals surface area contributed by atoms with Crippen molar-refractivity contribution in [1.82, 2.24) is 20.1 Å². The first-order valence-electron chi connectivity index (χ1n) is 4.80. The first kappa shape index (κ1) is 12.2. The van der Waals surface area contributed by atoms with Gasteiger partial charge in [0.2, 0.25) is 5.91 Å². The molecule has 1 aromatic heterocycles. The van der Waals surface area contributed by atoms with Gasteiger partial charge in [0, 0.05) is 6.04 Å². The largest absolute Gasteiger partial charge is 0.463 e. The predicted molar refractivity (Wildman–Crippen MR) is 54.6 cm³/mol. The Bertz CT molecular complexity index is 386. The highest BCUT2D eigenvalue weighted by atomic mass is 16.5. The van der Waals surface area contributed by atoms with Crippen molar-refractivity contribution < 1.29 is 14.3 Å². The quantitative estimate of drug-likeness (QED) is 0.705. The maximum absolute atomic E-state index is 11.4. The van der Waals surface area contributed by atoms with Crippen LogP contribution in [0, 0.1) is 0 Å². The van der Waals surface area contributed by atoms with Crippen molar-refractivity contribution in [2.24, 2.45) is 0 Å². The van der Waals surface area contributed by atoms with Crippen LogP contribution in [0.25, 0.3) is 0 Å². The summed E-state index contributed by atoms with van der Waals surface area (Å²) in [5.74, 6) is -0.862. The Labute approximate surface area is 92.8 Å². The molecule has 88 valence electrons. The van der Waals surface area contributed by atoms with Gasteiger partial charge in [0.05, 0.1) is 7.11 Å². The minimum Gasteiger partial charge on any atom is -0.463 e. The van der Waals surface area contributed by atoms with Crippen molar-refractivity contribution in [2.75, 3.05) is 7.11 Å². The third kappa shape index (κ3) is 3.34. The smallest absolute Gasteiger partial charge is 0.377 e. The fourth-order valence-electron chi connectivity index (χ4n) is 1.07. The van der Waals surface area contributed by atoms with E-state index in [-0.39, 0.29) is 24.3 Å². The second kappa shape index (κ2) is 5.24. The summed E-state index contributed by atoms with van der Waals surface area (Å²) in [5.41, 5.74) is 0. The van der Waals surface area contributed by atoms with E-state index in [1.165, 1.54) is 18.1 Å². The number of hydrogen-bond donors (Lipinski definition) is 1. The second-order valence-corrected chi connectivity index (χ2v) is 3.48. The average molecular weight is 226 g/mol. The van der Waals surface area contributed by atoms with Crippen molar-refractivity contribution in [3.05, 3.63) is 12.2 Å². The fourth-order valence-corrected chi connectivity index (χ4v) is 1.07. The number of methoxy groups -OCH3 is 1. The van der Waals surface area contributed by atoms with Crippen molar-refractivity contribution in [2.45, 2.75) is 26.4 Å². The molecule has 0 spiro atoms. The van der Waals surface area contributed by atoms with Gasteiger partial charge in [0.1, 0.15) is 12.9 Å². The SMILES string of the molecule is COC(=O)c1ncn(CC(=O)NC(C)C)n1. The molecule has 1 rings (SSSR count). The number of carbonyl (C=O) groups excluding carboxylic acids is 2. The molecular weight excluding hydrogens is 212 g/mol. The van der Waals surface area contributed by atoms with Crippen LogP contribution < -0.4 is 5.32 Å². The lowest BCUT2D eigenvalue weighted by molar-refractivity contribution is -0.122. The van der Waals surface area contributed by atoms with Crippen LogP contribution in [0.5, 0.6) is 0 Å². The summed E-state index contributed by atoms with van der Waals surface area (Å²) < 4.78 is 5.72. The lowest BCUT2D eigenvalue weighted by atomic mass is 10.4. The third-order valence-electron chi connectivity index (χ3n) is 1.66. The number of nitrogens with one attached hydrogen (secondary N) is 1. The van der Waals surface area contributed by atoms with Crippen LogP contribution in [0.3, 0.4) is 0 Å². The van der Waals surface area contributed by atoms with E-state index in [1.807, 2.05) is 13.8 Å². The van der Waals surface area contributed by atoms with E-state index < -0.39 is 5.97 Å². The molecule has 0 aromatic carbocycles. The molecule has 16 heavy (non-hydrogen) atoms. The van der Waals surface area contributed by atoms with E-state index in [4.69, 9.17) is 0 Å². The molecule has 0 radical (unpaired) electrons. The number of rotatable bonds is 4. The maximum atomic E-state index is 11.4. The lowest BCUT2D eigenvalue weighted by Gasteiger charge is -2.07. The standard InChI is InChI=1S/C9H14N4O3/c1-6(2)11-7(14)4-13-5-10-8(12-13)9(15)16-3/h5-6H,4H2,1-3H3,(H,11,14). The molecule has 0 aliphatic carbocycles. The van der Waals surface area contributed by atoms with Crippen LogP contribution in [-0.2, 0) is 16.1 Å². The molecule has 1 amide bonds. The Hall–Kier alpha value is -1.92. The number of nitrogens with zero attached hydrogens (tertiary/aromatic N) is 3. The van der Waals surface area contributed by atoms with E-state index >= 15 is 0 Å². The van der Waals surface area contributed by atoms with Crippen molar-refractivity contribution in [3.8, 4) is 0 Å². The Morgan fingerprint density at radius 2 is 2.25 bits per heavy atom. The summed E-state index contributed by atoms with van der Waals surface area (Å²) in [7, 11) is 1.24. The summed E-state index contributed by atoms with van der Waals surface area (Å²) in [6.07, 6.45) is 1.31. The van der Waals surface area contributed by atoms with Gasteiger partial charge < -0.3 is 10.1 Å². The maximum Gasteiger partial charge on any atom is 0.377 e. The molecule has 0 saturated heterocycles. The van der Waals surface area contributed by atoms with Crippen LogP contribution in [-0.4, -0.2) is 39.8 Å². The molecule has 7 nitrogen and oxygen atoms in total. The second-order valence-electron chi connectivity index (χ2n) is 3.48. The molecule has 0 unspecified atom stereocenters. The Morgan fingerprint density at radius 1 is 1.56 bits per heavy atom. The molecule has 0 saturated carbocycles. The lowest BCUT2D eigenvalue weighted by Crippen LogP contribution is -2.33. The normalized spacial score (nSPS) is 10.2. The summed E-state index contributed by atoms with van der Waals surface area (Å²) in [4.78, 5) is 26.1. The molecule has 1 aromatic rings. The number of hydrogen-bond acceptors (Lipinski definition) is 5. The molecule has 0 bridgehead atoms. The minimum absolute atomic E-state index is 0.0299. The van der Waals surface area contributed by atoms with Gasteiger partial charge in [-0.1, -0.05) is 0 Å². The first-order chi connectivity index (χ1) is 7.52. The van der Waals surface area contributed by atoms with Gasteiger partial charge in [-0.25, -0.2) is 14.5 Å². The van der Waals surface area contributed by atoms with E-state index in [0.29, 0.717) is 0 Å². The Kier molecular flexibility index (Phi) is 3.98. The monoisotopic (exact) mass is 226 g/mol. The first-order valence-corrected chi connectivity index (χ1v) is 4.80. The summed E-state index contributed by atoms with van der Waals surface area (Å²) in [6.45, 7) is 3.75. The van der Waals surface area contributed by atoms with Crippen LogP contribution in [0.1, 0.15) is 24.5 Å². The van der Waals surface area contributed by atoms with Crippen molar-refractivity contribution >= 4 is 11.9 Å². The number of ether oxygens (including phenoxy) is 1. The number of carbonyl (C=O) groups is 2. The van der Waals surface area contributed by atoms with Gasteiger partial charge in [-0.05, 0) is 13.8 Å². The minimum atomic E-state index is -0.622. The molecule has 0 aliphatic rings. The molecular formula is C9H14N4O3. The van der Waals surface area contributed by atoms with Gasteiger partial charge in [0.25, 0.3) is 5.82 Å². The summed E-state index contributed by atoms with van der Waals surface area (Å²) in [6, 6.07) is 0.0658. The Balaban J connectivity index is 2.58. The highest BCUT2D eigenvalue weighted by molar-refractivity contribution is 5.84. The van der Waals surface area contributed by atoms with Crippen LogP contribution in [0.4, 0.5) is 0 Å². The van der Waals surface area contributed by atoms with E-state index in [9.17, 15) is 9.59 Å². The van der Waals surface area contributed by atoms with Gasteiger partial charge in [-0.15, -0.1) is 5.10 Å². The predicted octanol–water partition coefficient (Wildman–Crippen LogP) is -0.411. The zero-order valence-electron chi connectivity index (χ0n) is 9.43. The molecule has 7 heteroatoms. The molecule has 0 fully saturated rings. The van der Waals surface area contributed by atoms with E-state index in [1.54, 1.807) is 0 Å².